The highest BCUT2D eigenvalue weighted by Gasteiger charge is 2.75. The Kier molecular flexibility index (Phi) is 10.7. The molecule has 10 nitrogen and oxygen atoms in total. The molecular formula is C29H45N3O7. The number of carbonyl (C=O) groups is 4. The first-order valence-electron chi connectivity index (χ1n) is 14.3. The number of nitrogens with zero attached hydrogens (tertiary/aromatic N) is 2. The van der Waals surface area contributed by atoms with Crippen LogP contribution in [0.3, 0.4) is 0 Å². The number of esters is 1. The lowest BCUT2D eigenvalue weighted by Crippen LogP contribution is -2.58. The van der Waals surface area contributed by atoms with E-state index in [1.165, 1.54) is 4.90 Å². The highest BCUT2D eigenvalue weighted by atomic mass is 16.6. The molecule has 7 atom stereocenters. The second-order valence-corrected chi connectivity index (χ2v) is 10.9. The number of allylic oxidation sites excluding steroid dienone is 1. The first-order chi connectivity index (χ1) is 18.7. The predicted octanol–water partition coefficient (Wildman–Crippen LogP) is 1.96. The number of hydrogen-bond acceptors (Lipinski definition) is 7. The lowest BCUT2D eigenvalue weighted by atomic mass is 9.70. The van der Waals surface area contributed by atoms with Gasteiger partial charge in [0.25, 0.3) is 0 Å². The number of hydrogen-bond donors (Lipinski definition) is 2. The Balaban J connectivity index is 1.86. The lowest BCUT2D eigenvalue weighted by Gasteiger charge is -2.39. The maximum atomic E-state index is 14.1. The Morgan fingerprint density at radius 3 is 2.67 bits per heavy atom. The van der Waals surface area contributed by atoms with Crippen LogP contribution in [0.15, 0.2) is 25.3 Å². The maximum absolute atomic E-state index is 14.1. The molecule has 0 radical (unpaired) electrons. The third kappa shape index (κ3) is 6.06. The Morgan fingerprint density at radius 1 is 1.31 bits per heavy atom. The lowest BCUT2D eigenvalue weighted by molar-refractivity contribution is -0.160. The van der Waals surface area contributed by atoms with Gasteiger partial charge in [0.1, 0.15) is 17.7 Å². The van der Waals surface area contributed by atoms with Crippen molar-refractivity contribution < 1.29 is 33.8 Å². The van der Waals surface area contributed by atoms with E-state index in [-0.39, 0.29) is 30.9 Å². The standard InChI is InChI=1S/C29H45N3O7/c1-6-10-12-22(34)30-17-19(5)38-28(37)23-21-13-14-29(39-21)24(23)26(35)32(20(9-4)18-33)25(29)27(36)31(15-8-3)16-11-7-2/h6,8,19-21,23-25,33H,1,3,7,9-18H2,2,4-5H3,(H,30,34)/t19-,20-,21-,23+,24+,25-,29+/m0/s1. The topological polar surface area (TPSA) is 125 Å². The summed E-state index contributed by atoms with van der Waals surface area (Å²) in [6, 6.07) is -1.51. The number of amides is 3. The van der Waals surface area contributed by atoms with Gasteiger partial charge in [-0.15, -0.1) is 13.2 Å². The molecule has 10 heteroatoms. The van der Waals surface area contributed by atoms with Gasteiger partial charge in [-0.25, -0.2) is 0 Å². The van der Waals surface area contributed by atoms with Crippen molar-refractivity contribution in [2.45, 2.75) is 95.6 Å². The van der Waals surface area contributed by atoms with E-state index in [4.69, 9.17) is 9.47 Å². The number of aliphatic hydroxyl groups excluding tert-OH is 1. The molecule has 3 saturated heterocycles. The molecule has 3 fully saturated rings. The highest BCUT2D eigenvalue weighted by Crippen LogP contribution is 2.59. The normalized spacial score (nSPS) is 28.5. The van der Waals surface area contributed by atoms with Gasteiger partial charge in [-0.2, -0.15) is 0 Å². The van der Waals surface area contributed by atoms with Crippen molar-refractivity contribution in [2.75, 3.05) is 26.2 Å². The first-order valence-corrected chi connectivity index (χ1v) is 14.3. The molecule has 218 valence electrons. The quantitative estimate of drug-likeness (QED) is 0.224. The Labute approximate surface area is 231 Å². The zero-order chi connectivity index (χ0) is 28.7. The third-order valence-electron chi connectivity index (χ3n) is 8.24. The van der Waals surface area contributed by atoms with Crippen molar-refractivity contribution in [1.82, 2.24) is 15.1 Å². The summed E-state index contributed by atoms with van der Waals surface area (Å²) < 4.78 is 12.1. The van der Waals surface area contributed by atoms with Gasteiger partial charge in [-0.1, -0.05) is 32.4 Å². The zero-order valence-electron chi connectivity index (χ0n) is 23.6. The average Bonchev–Trinajstić information content (AvgIpc) is 3.56. The molecule has 3 rings (SSSR count). The fourth-order valence-corrected chi connectivity index (χ4v) is 6.31. The molecule has 2 bridgehead atoms. The molecular weight excluding hydrogens is 502 g/mol. The van der Waals surface area contributed by atoms with Crippen LogP contribution in [0.2, 0.25) is 0 Å². The molecule has 3 aliphatic heterocycles. The Bertz CT molecular complexity index is 936. The van der Waals surface area contributed by atoms with Crippen LogP contribution in [0.1, 0.15) is 65.7 Å². The van der Waals surface area contributed by atoms with Crippen molar-refractivity contribution in [3.8, 4) is 0 Å². The molecule has 3 amide bonds. The fraction of sp³-hybridized carbons (Fsp3) is 0.724. The molecule has 2 N–H and O–H groups in total. The summed E-state index contributed by atoms with van der Waals surface area (Å²) in [4.78, 5) is 56.7. The minimum Gasteiger partial charge on any atom is -0.460 e. The molecule has 3 heterocycles. The largest absolute Gasteiger partial charge is 0.460 e. The molecule has 3 aliphatic rings. The minimum atomic E-state index is -1.15. The summed E-state index contributed by atoms with van der Waals surface area (Å²) in [6.07, 6.45) is 6.19. The van der Waals surface area contributed by atoms with Crippen LogP contribution >= 0.6 is 0 Å². The fourth-order valence-electron chi connectivity index (χ4n) is 6.31. The number of fused-ring (bicyclic) bond motifs is 1. The molecule has 39 heavy (non-hydrogen) atoms. The van der Waals surface area contributed by atoms with E-state index in [0.29, 0.717) is 45.2 Å². The predicted molar refractivity (Wildman–Crippen MR) is 145 cm³/mol. The van der Waals surface area contributed by atoms with Gasteiger partial charge in [0, 0.05) is 19.5 Å². The smallest absolute Gasteiger partial charge is 0.312 e. The van der Waals surface area contributed by atoms with E-state index in [0.717, 1.165) is 12.8 Å². The molecule has 1 spiro atoms. The molecule has 0 aliphatic carbocycles. The first kappa shape index (κ1) is 30.8. The monoisotopic (exact) mass is 547 g/mol. The van der Waals surface area contributed by atoms with E-state index in [2.05, 4.69) is 18.5 Å². The molecule has 0 aromatic carbocycles. The van der Waals surface area contributed by atoms with Crippen LogP contribution in [-0.4, -0.2) is 94.7 Å². The SMILES string of the molecule is C=CCCC(=O)NC[C@H](C)OC(=O)[C@@H]1[C@@H]2CC[C@]3(O2)[C@H](C(=O)N(CC=C)CCCC)N([C@@H](CC)CO)C(=O)[C@@H]13. The van der Waals surface area contributed by atoms with Crippen LogP contribution in [0, 0.1) is 11.8 Å². The van der Waals surface area contributed by atoms with Gasteiger partial charge in [-0.3, -0.25) is 19.2 Å². The number of ether oxygens (including phenoxy) is 2. The molecule has 0 unspecified atom stereocenters. The second kappa shape index (κ2) is 13.6. The van der Waals surface area contributed by atoms with Crippen LogP contribution < -0.4 is 5.32 Å². The van der Waals surface area contributed by atoms with Crippen molar-refractivity contribution in [3.63, 3.8) is 0 Å². The summed E-state index contributed by atoms with van der Waals surface area (Å²) >= 11 is 0. The number of unbranched alkanes of at least 4 members (excludes halogenated alkanes) is 1. The van der Waals surface area contributed by atoms with Crippen LogP contribution in [0.4, 0.5) is 0 Å². The highest BCUT2D eigenvalue weighted by molar-refractivity contribution is 5.98. The van der Waals surface area contributed by atoms with Crippen molar-refractivity contribution in [2.24, 2.45) is 11.8 Å². The summed E-state index contributed by atoms with van der Waals surface area (Å²) in [7, 11) is 0. The third-order valence-corrected chi connectivity index (χ3v) is 8.24. The van der Waals surface area contributed by atoms with Crippen molar-refractivity contribution in [3.05, 3.63) is 25.3 Å². The van der Waals surface area contributed by atoms with Crippen molar-refractivity contribution >= 4 is 23.7 Å². The van der Waals surface area contributed by atoms with E-state index >= 15 is 0 Å². The number of nitrogens with one attached hydrogen (secondary N) is 1. The second-order valence-electron chi connectivity index (χ2n) is 10.9. The van der Waals surface area contributed by atoms with Crippen LogP contribution in [-0.2, 0) is 28.7 Å². The molecule has 0 aromatic rings. The van der Waals surface area contributed by atoms with Gasteiger partial charge in [-0.05, 0) is 39.0 Å². The molecule has 0 saturated carbocycles. The average molecular weight is 548 g/mol. The van der Waals surface area contributed by atoms with Crippen LogP contribution in [0.5, 0.6) is 0 Å². The summed E-state index contributed by atoms with van der Waals surface area (Å²) in [6.45, 7) is 13.7. The maximum Gasteiger partial charge on any atom is 0.312 e. The summed E-state index contributed by atoms with van der Waals surface area (Å²) in [5, 5.41) is 12.9. The number of carbonyl (C=O) groups excluding carboxylic acids is 4. The van der Waals surface area contributed by atoms with Gasteiger partial charge < -0.3 is 29.7 Å². The van der Waals surface area contributed by atoms with Gasteiger partial charge in [0.15, 0.2) is 0 Å². The Morgan fingerprint density at radius 2 is 2.05 bits per heavy atom. The number of aliphatic hydroxyl groups is 1. The van der Waals surface area contributed by atoms with E-state index in [9.17, 15) is 24.3 Å². The van der Waals surface area contributed by atoms with E-state index in [1.54, 1.807) is 24.0 Å². The van der Waals surface area contributed by atoms with Gasteiger partial charge >= 0.3 is 5.97 Å². The van der Waals surface area contributed by atoms with Gasteiger partial charge in [0.05, 0.1) is 37.1 Å². The molecule has 0 aromatic heterocycles. The number of likely N-dealkylation sites (tertiary alicyclic amines) is 1. The van der Waals surface area contributed by atoms with Crippen molar-refractivity contribution in [1.29, 1.82) is 0 Å². The Hall–Kier alpha value is -2.72. The minimum absolute atomic E-state index is 0.146. The summed E-state index contributed by atoms with van der Waals surface area (Å²) in [5.74, 6) is -3.04. The van der Waals surface area contributed by atoms with Gasteiger partial charge in [0.2, 0.25) is 17.7 Å². The zero-order valence-corrected chi connectivity index (χ0v) is 23.6. The van der Waals surface area contributed by atoms with E-state index < -0.39 is 47.7 Å². The summed E-state index contributed by atoms with van der Waals surface area (Å²) in [5.41, 5.74) is -1.15. The number of rotatable bonds is 16. The van der Waals surface area contributed by atoms with E-state index in [1.807, 2.05) is 13.8 Å². The van der Waals surface area contributed by atoms with Crippen LogP contribution in [0.25, 0.3) is 0 Å².